The second-order valence-corrected chi connectivity index (χ2v) is 4.03. The van der Waals surface area contributed by atoms with Gasteiger partial charge in [0.2, 0.25) is 0 Å². The summed E-state index contributed by atoms with van der Waals surface area (Å²) in [7, 11) is 0. The molecule has 0 bridgehead atoms. The second kappa shape index (κ2) is 4.74. The predicted octanol–water partition coefficient (Wildman–Crippen LogP) is 3.98. The molecule has 0 radical (unpaired) electrons. The average Bonchev–Trinajstić information content (AvgIpc) is 2.30. The van der Waals surface area contributed by atoms with Gasteiger partial charge in [0, 0.05) is 11.1 Å². The van der Waals surface area contributed by atoms with Gasteiger partial charge in [0.1, 0.15) is 11.6 Å². The van der Waals surface area contributed by atoms with E-state index in [1.165, 1.54) is 18.2 Å². The lowest BCUT2D eigenvalue weighted by atomic mass is 10.0. The highest BCUT2D eigenvalue weighted by Gasteiger charge is 2.12. The topological polar surface area (TPSA) is 37.3 Å². The molecule has 0 atom stereocenters. The second-order valence-electron chi connectivity index (χ2n) is 3.62. The van der Waals surface area contributed by atoms with Crippen LogP contribution in [0.2, 0.25) is 5.02 Å². The SMILES string of the molecule is O=C(O)c1ccc(-c2ccc(F)cc2Cl)c(F)c1. The Morgan fingerprint density at radius 1 is 1.06 bits per heavy atom. The van der Waals surface area contributed by atoms with Gasteiger partial charge in [-0.3, -0.25) is 0 Å². The highest BCUT2D eigenvalue weighted by molar-refractivity contribution is 6.33. The van der Waals surface area contributed by atoms with E-state index in [1.807, 2.05) is 0 Å². The van der Waals surface area contributed by atoms with Crippen LogP contribution < -0.4 is 0 Å². The Labute approximate surface area is 106 Å². The fraction of sp³-hybridized carbons (Fsp3) is 0. The third kappa shape index (κ3) is 2.33. The van der Waals surface area contributed by atoms with Crippen LogP contribution in [-0.2, 0) is 0 Å². The first kappa shape index (κ1) is 12.5. The van der Waals surface area contributed by atoms with Gasteiger partial charge in [-0.05, 0) is 30.3 Å². The van der Waals surface area contributed by atoms with E-state index in [1.54, 1.807) is 0 Å². The van der Waals surface area contributed by atoms with E-state index in [2.05, 4.69) is 0 Å². The lowest BCUT2D eigenvalue weighted by Crippen LogP contribution is -1.97. The Balaban J connectivity index is 2.54. The molecule has 2 aromatic carbocycles. The number of benzene rings is 2. The molecule has 92 valence electrons. The van der Waals surface area contributed by atoms with Crippen molar-refractivity contribution < 1.29 is 18.7 Å². The van der Waals surface area contributed by atoms with Crippen LogP contribution in [0.3, 0.4) is 0 Å². The maximum Gasteiger partial charge on any atom is 0.335 e. The van der Waals surface area contributed by atoms with Crippen LogP contribution in [0.15, 0.2) is 36.4 Å². The zero-order valence-corrected chi connectivity index (χ0v) is 9.71. The van der Waals surface area contributed by atoms with Gasteiger partial charge in [-0.15, -0.1) is 0 Å². The number of halogens is 3. The summed E-state index contributed by atoms with van der Waals surface area (Å²) in [5, 5.41) is 8.79. The van der Waals surface area contributed by atoms with Crippen molar-refractivity contribution in [3.63, 3.8) is 0 Å². The van der Waals surface area contributed by atoms with E-state index in [4.69, 9.17) is 16.7 Å². The Kier molecular flexibility index (Phi) is 3.30. The van der Waals surface area contributed by atoms with E-state index >= 15 is 0 Å². The largest absolute Gasteiger partial charge is 0.478 e. The molecule has 0 unspecified atom stereocenters. The predicted molar refractivity (Wildman–Crippen MR) is 63.8 cm³/mol. The summed E-state index contributed by atoms with van der Waals surface area (Å²) in [6.07, 6.45) is 0. The Hall–Kier alpha value is -1.94. The number of aromatic carboxylic acids is 1. The van der Waals surface area contributed by atoms with Crippen LogP contribution in [0.1, 0.15) is 10.4 Å². The lowest BCUT2D eigenvalue weighted by Gasteiger charge is -2.06. The summed E-state index contributed by atoms with van der Waals surface area (Å²) in [5.74, 6) is -2.46. The molecule has 0 heterocycles. The minimum Gasteiger partial charge on any atom is -0.478 e. The Bertz CT molecular complexity index is 626. The molecule has 0 saturated heterocycles. The number of rotatable bonds is 2. The zero-order valence-electron chi connectivity index (χ0n) is 8.95. The number of carboxylic acids is 1. The van der Waals surface area contributed by atoms with E-state index in [0.717, 1.165) is 18.2 Å². The summed E-state index contributed by atoms with van der Waals surface area (Å²) >= 11 is 5.82. The fourth-order valence-electron chi connectivity index (χ4n) is 1.57. The standard InChI is InChI=1S/C13H7ClF2O2/c14-11-6-8(15)2-4-9(11)10-3-1-7(13(17)18)5-12(10)16/h1-6H,(H,17,18). The Morgan fingerprint density at radius 3 is 2.28 bits per heavy atom. The molecule has 0 spiro atoms. The fourth-order valence-corrected chi connectivity index (χ4v) is 1.84. The van der Waals surface area contributed by atoms with Crippen LogP contribution in [-0.4, -0.2) is 11.1 Å². The number of hydrogen-bond acceptors (Lipinski definition) is 1. The van der Waals surface area contributed by atoms with Crippen LogP contribution in [0.25, 0.3) is 11.1 Å². The van der Waals surface area contributed by atoms with Crippen molar-refractivity contribution in [1.29, 1.82) is 0 Å². The third-order valence-electron chi connectivity index (χ3n) is 2.44. The van der Waals surface area contributed by atoms with Crippen molar-refractivity contribution in [1.82, 2.24) is 0 Å². The molecule has 2 nitrogen and oxygen atoms in total. The molecule has 18 heavy (non-hydrogen) atoms. The van der Waals surface area contributed by atoms with Crippen molar-refractivity contribution in [3.05, 3.63) is 58.6 Å². The molecule has 2 rings (SSSR count). The highest BCUT2D eigenvalue weighted by atomic mass is 35.5. The average molecular weight is 269 g/mol. The van der Waals surface area contributed by atoms with Crippen LogP contribution in [0, 0.1) is 11.6 Å². The highest BCUT2D eigenvalue weighted by Crippen LogP contribution is 2.30. The van der Waals surface area contributed by atoms with Gasteiger partial charge >= 0.3 is 5.97 Å². The third-order valence-corrected chi connectivity index (χ3v) is 2.75. The molecule has 1 N–H and O–H groups in total. The maximum atomic E-state index is 13.8. The molecular weight excluding hydrogens is 262 g/mol. The van der Waals surface area contributed by atoms with Crippen molar-refractivity contribution in [3.8, 4) is 11.1 Å². The maximum absolute atomic E-state index is 13.8. The summed E-state index contributed by atoms with van der Waals surface area (Å²) in [6.45, 7) is 0. The number of carbonyl (C=O) groups is 1. The van der Waals surface area contributed by atoms with Crippen LogP contribution in [0.4, 0.5) is 8.78 Å². The molecular formula is C13H7ClF2O2. The van der Waals surface area contributed by atoms with Crippen molar-refractivity contribution in [2.75, 3.05) is 0 Å². The number of carboxylic acid groups (broad SMARTS) is 1. The summed E-state index contributed by atoms with van der Waals surface area (Å²) in [6, 6.07) is 7.04. The van der Waals surface area contributed by atoms with Gasteiger partial charge < -0.3 is 5.11 Å². The number of hydrogen-bond donors (Lipinski definition) is 1. The molecule has 0 saturated carbocycles. The van der Waals surface area contributed by atoms with Gasteiger partial charge in [-0.2, -0.15) is 0 Å². The molecule has 0 aromatic heterocycles. The van der Waals surface area contributed by atoms with Crippen molar-refractivity contribution >= 4 is 17.6 Å². The molecule has 0 aliphatic carbocycles. The van der Waals surface area contributed by atoms with Crippen molar-refractivity contribution in [2.24, 2.45) is 0 Å². The van der Waals surface area contributed by atoms with E-state index in [-0.39, 0.29) is 16.1 Å². The Morgan fingerprint density at radius 2 is 1.72 bits per heavy atom. The molecule has 0 aliphatic rings. The quantitative estimate of drug-likeness (QED) is 0.894. The smallest absolute Gasteiger partial charge is 0.335 e. The first-order valence-electron chi connectivity index (χ1n) is 4.97. The van der Waals surface area contributed by atoms with Crippen LogP contribution >= 0.6 is 11.6 Å². The lowest BCUT2D eigenvalue weighted by molar-refractivity contribution is 0.0696. The van der Waals surface area contributed by atoms with E-state index in [0.29, 0.717) is 5.56 Å². The zero-order chi connectivity index (χ0) is 13.3. The first-order chi connectivity index (χ1) is 8.49. The summed E-state index contributed by atoms with van der Waals surface area (Å²) < 4.78 is 26.6. The molecule has 0 aliphatic heterocycles. The van der Waals surface area contributed by atoms with Crippen LogP contribution in [0.5, 0.6) is 0 Å². The monoisotopic (exact) mass is 268 g/mol. The van der Waals surface area contributed by atoms with Gasteiger partial charge in [0.15, 0.2) is 0 Å². The minimum absolute atomic E-state index is 0.0666. The minimum atomic E-state index is -1.22. The molecule has 0 fully saturated rings. The summed E-state index contributed by atoms with van der Waals surface area (Å²) in [4.78, 5) is 10.7. The van der Waals surface area contributed by atoms with Gasteiger partial charge in [-0.25, -0.2) is 13.6 Å². The van der Waals surface area contributed by atoms with Gasteiger partial charge in [-0.1, -0.05) is 17.7 Å². The molecule has 0 amide bonds. The van der Waals surface area contributed by atoms with E-state index in [9.17, 15) is 13.6 Å². The molecule has 5 heteroatoms. The first-order valence-corrected chi connectivity index (χ1v) is 5.35. The van der Waals surface area contributed by atoms with Crippen molar-refractivity contribution in [2.45, 2.75) is 0 Å². The summed E-state index contributed by atoms with van der Waals surface area (Å²) in [5.41, 5.74) is 0.284. The van der Waals surface area contributed by atoms with E-state index < -0.39 is 17.6 Å². The van der Waals surface area contributed by atoms with Gasteiger partial charge in [0.05, 0.1) is 10.6 Å². The normalized spacial score (nSPS) is 10.4. The van der Waals surface area contributed by atoms with Gasteiger partial charge in [0.25, 0.3) is 0 Å². The molecule has 2 aromatic rings.